The van der Waals surface area contributed by atoms with Crippen molar-refractivity contribution in [2.45, 2.75) is 17.9 Å². The van der Waals surface area contributed by atoms with E-state index in [9.17, 15) is 8.42 Å². The first-order valence-corrected chi connectivity index (χ1v) is 8.21. The molecule has 0 amide bonds. The van der Waals surface area contributed by atoms with E-state index >= 15 is 0 Å². The molecule has 1 saturated heterocycles. The van der Waals surface area contributed by atoms with E-state index in [0.29, 0.717) is 29.1 Å². The van der Waals surface area contributed by atoms with Crippen molar-refractivity contribution >= 4 is 37.6 Å². The molecular formula is C11H14BrClN2O2S. The molecule has 7 heteroatoms. The molecule has 0 spiro atoms. The quantitative estimate of drug-likeness (QED) is 0.885. The molecule has 100 valence electrons. The van der Waals surface area contributed by atoms with Crippen LogP contribution in [0.4, 0.5) is 0 Å². The van der Waals surface area contributed by atoms with E-state index in [1.165, 1.54) is 10.4 Å². The van der Waals surface area contributed by atoms with Crippen LogP contribution in [0.15, 0.2) is 27.6 Å². The van der Waals surface area contributed by atoms with E-state index in [1.807, 2.05) is 6.92 Å². The van der Waals surface area contributed by atoms with Crippen molar-refractivity contribution in [2.75, 3.05) is 19.6 Å². The van der Waals surface area contributed by atoms with Gasteiger partial charge in [0, 0.05) is 30.1 Å². The van der Waals surface area contributed by atoms with Gasteiger partial charge in [-0.3, -0.25) is 0 Å². The van der Waals surface area contributed by atoms with E-state index in [4.69, 9.17) is 11.6 Å². The molecule has 1 fully saturated rings. The van der Waals surface area contributed by atoms with E-state index in [0.717, 1.165) is 0 Å². The van der Waals surface area contributed by atoms with Gasteiger partial charge in [-0.05, 0) is 41.1 Å². The standard InChI is InChI=1S/C11H14BrClN2O2S/c1-8-7-15(5-4-14-8)18(16,17)9-2-3-11(13)10(12)6-9/h2-3,6,8,14H,4-5,7H2,1H3/t8-/m1/s1. The summed E-state index contributed by atoms with van der Waals surface area (Å²) in [7, 11) is -3.43. The highest BCUT2D eigenvalue weighted by atomic mass is 79.9. The number of piperazine rings is 1. The van der Waals surface area contributed by atoms with Crippen LogP contribution in [0.5, 0.6) is 0 Å². The topological polar surface area (TPSA) is 49.4 Å². The number of rotatable bonds is 2. The van der Waals surface area contributed by atoms with Crippen LogP contribution in [-0.2, 0) is 10.0 Å². The Kier molecular flexibility index (Phi) is 4.33. The molecule has 0 aromatic heterocycles. The molecule has 2 rings (SSSR count). The molecular weight excluding hydrogens is 340 g/mol. The molecule has 1 aromatic rings. The summed E-state index contributed by atoms with van der Waals surface area (Å²) in [5.74, 6) is 0. The maximum Gasteiger partial charge on any atom is 0.243 e. The van der Waals surface area contributed by atoms with Crippen LogP contribution in [-0.4, -0.2) is 38.4 Å². The van der Waals surface area contributed by atoms with Crippen LogP contribution in [0.25, 0.3) is 0 Å². The zero-order valence-corrected chi connectivity index (χ0v) is 13.0. The highest BCUT2D eigenvalue weighted by molar-refractivity contribution is 9.10. The Bertz CT molecular complexity index is 550. The highest BCUT2D eigenvalue weighted by Gasteiger charge is 2.28. The Hall–Kier alpha value is -0.140. The summed E-state index contributed by atoms with van der Waals surface area (Å²) < 4.78 is 27.0. The van der Waals surface area contributed by atoms with Crippen molar-refractivity contribution < 1.29 is 8.42 Å². The summed E-state index contributed by atoms with van der Waals surface area (Å²) in [4.78, 5) is 0.271. The lowest BCUT2D eigenvalue weighted by Gasteiger charge is -2.31. The van der Waals surface area contributed by atoms with Gasteiger partial charge in [-0.25, -0.2) is 8.42 Å². The van der Waals surface area contributed by atoms with E-state index in [-0.39, 0.29) is 10.9 Å². The number of nitrogens with one attached hydrogen (secondary N) is 1. The van der Waals surface area contributed by atoms with Gasteiger partial charge in [-0.1, -0.05) is 11.6 Å². The van der Waals surface area contributed by atoms with E-state index < -0.39 is 10.0 Å². The van der Waals surface area contributed by atoms with Gasteiger partial charge in [-0.15, -0.1) is 0 Å². The molecule has 4 nitrogen and oxygen atoms in total. The van der Waals surface area contributed by atoms with E-state index in [1.54, 1.807) is 12.1 Å². The number of hydrogen-bond donors (Lipinski definition) is 1. The molecule has 1 N–H and O–H groups in total. The maximum atomic E-state index is 12.4. The molecule has 18 heavy (non-hydrogen) atoms. The van der Waals surface area contributed by atoms with Crippen molar-refractivity contribution in [3.8, 4) is 0 Å². The zero-order valence-electron chi connectivity index (χ0n) is 9.86. The monoisotopic (exact) mass is 352 g/mol. The lowest BCUT2D eigenvalue weighted by atomic mass is 10.3. The van der Waals surface area contributed by atoms with Crippen molar-refractivity contribution in [3.63, 3.8) is 0 Å². The second-order valence-electron chi connectivity index (χ2n) is 4.29. The SMILES string of the molecule is C[C@@H]1CN(S(=O)(=O)c2ccc(Cl)c(Br)c2)CCN1. The molecule has 0 unspecified atom stereocenters. The molecule has 1 aliphatic heterocycles. The third-order valence-electron chi connectivity index (χ3n) is 2.86. The molecule has 0 radical (unpaired) electrons. The Morgan fingerprint density at radius 1 is 1.50 bits per heavy atom. The molecule has 1 atom stereocenters. The number of halogens is 2. The van der Waals surface area contributed by atoms with Crippen molar-refractivity contribution in [1.82, 2.24) is 9.62 Å². The van der Waals surface area contributed by atoms with Crippen LogP contribution in [0.3, 0.4) is 0 Å². The summed E-state index contributed by atoms with van der Waals surface area (Å²) in [5, 5.41) is 3.72. The Morgan fingerprint density at radius 3 is 2.83 bits per heavy atom. The molecule has 1 aromatic carbocycles. The summed E-state index contributed by atoms with van der Waals surface area (Å²) in [6, 6.07) is 4.84. The van der Waals surface area contributed by atoms with Crippen LogP contribution in [0.1, 0.15) is 6.92 Å². The molecule has 0 bridgehead atoms. The Morgan fingerprint density at radius 2 is 2.22 bits per heavy atom. The van der Waals surface area contributed by atoms with Crippen molar-refractivity contribution in [3.05, 3.63) is 27.7 Å². The number of sulfonamides is 1. The fourth-order valence-electron chi connectivity index (χ4n) is 1.90. The lowest BCUT2D eigenvalue weighted by Crippen LogP contribution is -2.51. The van der Waals surface area contributed by atoms with Gasteiger partial charge in [0.15, 0.2) is 0 Å². The second kappa shape index (κ2) is 5.46. The predicted octanol–water partition coefficient (Wildman–Crippen LogP) is 2.08. The van der Waals surface area contributed by atoms with Gasteiger partial charge in [0.2, 0.25) is 10.0 Å². The summed E-state index contributed by atoms with van der Waals surface area (Å²) >= 11 is 9.12. The van der Waals surface area contributed by atoms with Crippen LogP contribution in [0.2, 0.25) is 5.02 Å². The maximum absolute atomic E-state index is 12.4. The first kappa shape index (κ1) is 14.3. The van der Waals surface area contributed by atoms with Gasteiger partial charge in [-0.2, -0.15) is 4.31 Å². The Balaban J connectivity index is 2.32. The minimum absolute atomic E-state index is 0.171. The van der Waals surface area contributed by atoms with Crippen molar-refractivity contribution in [2.24, 2.45) is 0 Å². The third kappa shape index (κ3) is 2.88. The molecule has 1 aliphatic rings. The number of hydrogen-bond acceptors (Lipinski definition) is 3. The van der Waals surface area contributed by atoms with Crippen LogP contribution in [0, 0.1) is 0 Å². The Labute approximate surface area is 120 Å². The predicted molar refractivity (Wildman–Crippen MR) is 75.4 cm³/mol. The average Bonchev–Trinajstić information content (AvgIpc) is 2.32. The van der Waals surface area contributed by atoms with Gasteiger partial charge in [0.1, 0.15) is 0 Å². The third-order valence-corrected chi connectivity index (χ3v) is 5.94. The molecule has 1 heterocycles. The molecule has 0 aliphatic carbocycles. The minimum Gasteiger partial charge on any atom is -0.312 e. The van der Waals surface area contributed by atoms with Crippen molar-refractivity contribution in [1.29, 1.82) is 0 Å². The van der Waals surface area contributed by atoms with E-state index in [2.05, 4.69) is 21.2 Å². The normalized spacial score (nSPS) is 22.1. The lowest BCUT2D eigenvalue weighted by molar-refractivity contribution is 0.310. The number of benzene rings is 1. The molecule has 0 saturated carbocycles. The summed E-state index contributed by atoms with van der Waals surface area (Å²) in [6.07, 6.45) is 0. The average molecular weight is 354 g/mol. The fourth-order valence-corrected chi connectivity index (χ4v) is 4.11. The largest absolute Gasteiger partial charge is 0.312 e. The highest BCUT2D eigenvalue weighted by Crippen LogP contribution is 2.27. The van der Waals surface area contributed by atoms with Gasteiger partial charge in [0.05, 0.1) is 9.92 Å². The van der Waals surface area contributed by atoms with Gasteiger partial charge >= 0.3 is 0 Å². The first-order valence-electron chi connectivity index (χ1n) is 5.60. The van der Waals surface area contributed by atoms with Crippen LogP contribution < -0.4 is 5.32 Å². The van der Waals surface area contributed by atoms with Gasteiger partial charge in [0.25, 0.3) is 0 Å². The summed E-state index contributed by atoms with van der Waals surface area (Å²) in [6.45, 7) is 3.63. The number of nitrogens with zero attached hydrogens (tertiary/aromatic N) is 1. The van der Waals surface area contributed by atoms with Crippen LogP contribution >= 0.6 is 27.5 Å². The first-order chi connectivity index (χ1) is 8.41. The minimum atomic E-state index is -3.43. The smallest absolute Gasteiger partial charge is 0.243 e. The van der Waals surface area contributed by atoms with Gasteiger partial charge < -0.3 is 5.32 Å². The second-order valence-corrected chi connectivity index (χ2v) is 7.49. The summed E-state index contributed by atoms with van der Waals surface area (Å²) in [5.41, 5.74) is 0. The zero-order chi connectivity index (χ0) is 13.3. The fraction of sp³-hybridized carbons (Fsp3) is 0.455.